The highest BCUT2D eigenvalue weighted by atomic mass is 35.5. The first-order valence-electron chi connectivity index (χ1n) is 8.79. The number of ether oxygens (including phenoxy) is 1. The zero-order valence-corrected chi connectivity index (χ0v) is 17.5. The van der Waals surface area contributed by atoms with Crippen molar-refractivity contribution in [1.29, 1.82) is 0 Å². The molecule has 1 aromatic heterocycles. The third kappa shape index (κ3) is 3.18. The monoisotopic (exact) mass is 429 g/mol. The standard InChI is InChI=1S/C20H17ClN4O3S/c1-11(26)24-15-7-5-4-6-13(15)17-18(27)22-20(29-3)23-25(17)19(24)14-10-12(21)8-9-16(14)28-2/h4-10,19H,1-3H3/p+1/t19-/m0/s1. The quantitative estimate of drug-likeness (QED) is 0.511. The SMILES string of the molecule is COc1ccc(Cl)cc1[C@H]1N(C(C)=O)c2ccccc2-c2c(=O)[nH]c(SC)n[n+]21. The Morgan fingerprint density at radius 3 is 2.76 bits per heavy atom. The van der Waals surface area contributed by atoms with Gasteiger partial charge in [0.25, 0.3) is 6.17 Å². The number of para-hydroxylation sites is 1. The lowest BCUT2D eigenvalue weighted by atomic mass is 10.0. The van der Waals surface area contributed by atoms with E-state index in [1.54, 1.807) is 41.0 Å². The van der Waals surface area contributed by atoms with E-state index in [0.29, 0.717) is 38.4 Å². The zero-order valence-electron chi connectivity index (χ0n) is 16.0. The number of aromatic nitrogens is 3. The van der Waals surface area contributed by atoms with Crippen molar-refractivity contribution in [2.45, 2.75) is 18.2 Å². The molecule has 1 aliphatic rings. The van der Waals surface area contributed by atoms with Gasteiger partial charge in [-0.2, -0.15) is 0 Å². The highest BCUT2D eigenvalue weighted by Gasteiger charge is 2.46. The summed E-state index contributed by atoms with van der Waals surface area (Å²) in [6, 6.07) is 12.4. The molecule has 0 unspecified atom stereocenters. The van der Waals surface area contributed by atoms with Crippen molar-refractivity contribution in [2.75, 3.05) is 18.3 Å². The summed E-state index contributed by atoms with van der Waals surface area (Å²) in [5, 5.41) is 5.54. The van der Waals surface area contributed by atoms with E-state index in [0.717, 1.165) is 0 Å². The van der Waals surface area contributed by atoms with Gasteiger partial charge in [0.1, 0.15) is 5.75 Å². The van der Waals surface area contributed by atoms with Gasteiger partial charge < -0.3 is 4.74 Å². The van der Waals surface area contributed by atoms with Gasteiger partial charge in [-0.05, 0) is 41.3 Å². The van der Waals surface area contributed by atoms with Crippen LogP contribution in [0, 0.1) is 0 Å². The first-order chi connectivity index (χ1) is 14.0. The molecule has 0 aliphatic carbocycles. The summed E-state index contributed by atoms with van der Waals surface area (Å²) in [6.45, 7) is 1.48. The van der Waals surface area contributed by atoms with Crippen molar-refractivity contribution in [2.24, 2.45) is 0 Å². The number of anilines is 1. The van der Waals surface area contributed by atoms with E-state index in [4.69, 9.17) is 16.3 Å². The number of H-pyrrole nitrogens is 1. The fraction of sp³-hybridized carbons (Fsp3) is 0.200. The molecule has 0 radical (unpaired) electrons. The molecule has 1 aliphatic heterocycles. The predicted molar refractivity (Wildman–Crippen MR) is 112 cm³/mol. The summed E-state index contributed by atoms with van der Waals surface area (Å²) in [7, 11) is 1.55. The van der Waals surface area contributed by atoms with Crippen LogP contribution in [0.5, 0.6) is 5.75 Å². The molecular formula is C20H18ClN4O3S+. The number of nitrogens with zero attached hydrogens (tertiary/aromatic N) is 3. The second-order valence-corrected chi connectivity index (χ2v) is 7.65. The molecule has 148 valence electrons. The van der Waals surface area contributed by atoms with E-state index < -0.39 is 6.17 Å². The topological polar surface area (TPSA) is 79.2 Å². The highest BCUT2D eigenvalue weighted by Crippen LogP contribution is 2.40. The van der Waals surface area contributed by atoms with E-state index in [1.807, 2.05) is 24.5 Å². The van der Waals surface area contributed by atoms with Gasteiger partial charge >= 0.3 is 11.3 Å². The van der Waals surface area contributed by atoms with Crippen molar-refractivity contribution in [3.8, 4) is 17.0 Å². The van der Waals surface area contributed by atoms with Crippen molar-refractivity contribution in [3.63, 3.8) is 0 Å². The van der Waals surface area contributed by atoms with Gasteiger partial charge in [-0.25, -0.2) is 4.90 Å². The van der Waals surface area contributed by atoms with Crippen molar-refractivity contribution in [1.82, 2.24) is 10.1 Å². The van der Waals surface area contributed by atoms with E-state index in [1.165, 1.54) is 18.7 Å². The first kappa shape index (κ1) is 19.5. The molecule has 0 saturated heterocycles. The van der Waals surface area contributed by atoms with Crippen LogP contribution >= 0.6 is 23.4 Å². The maximum absolute atomic E-state index is 13.0. The lowest BCUT2D eigenvalue weighted by Crippen LogP contribution is -2.60. The minimum Gasteiger partial charge on any atom is -0.496 e. The van der Waals surface area contributed by atoms with Crippen LogP contribution in [0.3, 0.4) is 0 Å². The van der Waals surface area contributed by atoms with Gasteiger partial charge in [0.2, 0.25) is 11.1 Å². The number of rotatable bonds is 3. The molecule has 1 amide bonds. The Kier molecular flexibility index (Phi) is 5.06. The first-order valence-corrected chi connectivity index (χ1v) is 10.4. The van der Waals surface area contributed by atoms with Gasteiger partial charge in [-0.3, -0.25) is 14.6 Å². The Morgan fingerprint density at radius 2 is 2.07 bits per heavy atom. The van der Waals surface area contributed by atoms with Crippen molar-refractivity contribution < 1.29 is 14.2 Å². The number of aromatic amines is 1. The maximum Gasteiger partial charge on any atom is 0.325 e. The van der Waals surface area contributed by atoms with Crippen molar-refractivity contribution >= 4 is 35.0 Å². The Labute approximate surface area is 176 Å². The summed E-state index contributed by atoms with van der Waals surface area (Å²) in [4.78, 5) is 30.2. The van der Waals surface area contributed by atoms with E-state index in [2.05, 4.69) is 10.1 Å². The second kappa shape index (κ2) is 7.53. The molecule has 1 N–H and O–H groups in total. The summed E-state index contributed by atoms with van der Waals surface area (Å²) in [5.41, 5.74) is 1.95. The number of fused-ring (bicyclic) bond motifs is 3. The highest BCUT2D eigenvalue weighted by molar-refractivity contribution is 7.98. The van der Waals surface area contributed by atoms with Gasteiger partial charge in [-0.1, -0.05) is 35.5 Å². The lowest BCUT2D eigenvalue weighted by Gasteiger charge is -2.31. The third-order valence-corrected chi connectivity index (χ3v) is 5.57. The number of methoxy groups -OCH3 is 1. The lowest BCUT2D eigenvalue weighted by molar-refractivity contribution is -0.763. The molecule has 1 atom stereocenters. The smallest absolute Gasteiger partial charge is 0.325 e. The maximum atomic E-state index is 13.0. The normalized spacial score (nSPS) is 14.9. The number of carbonyl (C=O) groups is 1. The van der Waals surface area contributed by atoms with Crippen LogP contribution in [0.25, 0.3) is 11.3 Å². The largest absolute Gasteiger partial charge is 0.496 e. The Morgan fingerprint density at radius 1 is 1.31 bits per heavy atom. The molecule has 0 fully saturated rings. The summed E-state index contributed by atoms with van der Waals surface area (Å²) >= 11 is 7.59. The molecule has 9 heteroatoms. The van der Waals surface area contributed by atoms with E-state index in [9.17, 15) is 9.59 Å². The molecular weight excluding hydrogens is 412 g/mol. The Bertz CT molecular complexity index is 1180. The van der Waals surface area contributed by atoms with E-state index >= 15 is 0 Å². The van der Waals surface area contributed by atoms with Crippen LogP contribution in [0.2, 0.25) is 5.02 Å². The predicted octanol–water partition coefficient (Wildman–Crippen LogP) is 3.02. The van der Waals surface area contributed by atoms with Gasteiger partial charge in [-0.15, -0.1) is 0 Å². The van der Waals surface area contributed by atoms with Crippen LogP contribution in [0.15, 0.2) is 52.4 Å². The van der Waals surface area contributed by atoms with Crippen LogP contribution < -0.4 is 19.9 Å². The molecule has 2 heterocycles. The summed E-state index contributed by atoms with van der Waals surface area (Å²) in [6.07, 6.45) is 1.08. The second-order valence-electron chi connectivity index (χ2n) is 6.42. The van der Waals surface area contributed by atoms with E-state index in [-0.39, 0.29) is 11.5 Å². The number of hydrogen-bond donors (Lipinski definition) is 1. The minimum atomic E-state index is -0.737. The minimum absolute atomic E-state index is 0.199. The zero-order chi connectivity index (χ0) is 20.7. The summed E-state index contributed by atoms with van der Waals surface area (Å²) < 4.78 is 7.11. The number of benzene rings is 2. The van der Waals surface area contributed by atoms with Crippen LogP contribution in [-0.4, -0.2) is 29.4 Å². The number of thioether (sulfide) groups is 1. The molecule has 0 spiro atoms. The van der Waals surface area contributed by atoms with Crippen LogP contribution in [-0.2, 0) is 4.79 Å². The Hall–Kier alpha value is -2.84. The van der Waals surface area contributed by atoms with Gasteiger partial charge in [0, 0.05) is 17.0 Å². The molecule has 0 bridgehead atoms. The number of halogens is 1. The van der Waals surface area contributed by atoms with Crippen LogP contribution in [0.4, 0.5) is 5.69 Å². The average molecular weight is 430 g/mol. The van der Waals surface area contributed by atoms with Crippen molar-refractivity contribution in [3.05, 3.63) is 63.4 Å². The fourth-order valence-corrected chi connectivity index (χ4v) is 4.14. The van der Waals surface area contributed by atoms with Crippen LogP contribution in [0.1, 0.15) is 18.7 Å². The molecule has 29 heavy (non-hydrogen) atoms. The third-order valence-electron chi connectivity index (χ3n) is 4.76. The molecule has 3 aromatic rings. The van der Waals surface area contributed by atoms with Gasteiger partial charge in [0.15, 0.2) is 0 Å². The Balaban J connectivity index is 2.13. The molecule has 2 aromatic carbocycles. The average Bonchev–Trinajstić information content (AvgIpc) is 2.71. The number of hydrogen-bond acceptors (Lipinski definition) is 5. The van der Waals surface area contributed by atoms with Gasteiger partial charge in [0.05, 0.1) is 23.9 Å². The fourth-order valence-electron chi connectivity index (χ4n) is 3.59. The number of amides is 1. The molecule has 4 rings (SSSR count). The summed E-state index contributed by atoms with van der Waals surface area (Å²) in [5.74, 6) is 0.340. The molecule has 7 nitrogen and oxygen atoms in total. The molecule has 0 saturated carbocycles. The number of nitrogens with one attached hydrogen (secondary N) is 1. The number of carbonyl (C=O) groups excluding carboxylic acids is 1.